The maximum atomic E-state index is 12.9. The fourth-order valence-corrected chi connectivity index (χ4v) is 4.17. The largest absolute Gasteiger partial charge is 0.433 e. The summed E-state index contributed by atoms with van der Waals surface area (Å²) in [6.45, 7) is 9.18. The van der Waals surface area contributed by atoms with Crippen LogP contribution in [0.25, 0.3) is 0 Å². The van der Waals surface area contributed by atoms with Gasteiger partial charge in [-0.15, -0.1) is 0 Å². The van der Waals surface area contributed by atoms with Crippen molar-refractivity contribution in [2.45, 2.75) is 39.8 Å². The minimum absolute atomic E-state index is 0.00392. The first-order chi connectivity index (χ1) is 13.1. The van der Waals surface area contributed by atoms with Gasteiger partial charge in [-0.05, 0) is 35.1 Å². The van der Waals surface area contributed by atoms with E-state index in [-0.39, 0.29) is 5.41 Å². The van der Waals surface area contributed by atoms with Gasteiger partial charge >= 0.3 is 6.18 Å². The van der Waals surface area contributed by atoms with Crippen LogP contribution in [0.5, 0.6) is 0 Å². The quantitative estimate of drug-likeness (QED) is 0.582. The number of nitrogens with zero attached hydrogens (tertiary/aromatic N) is 3. The summed E-state index contributed by atoms with van der Waals surface area (Å²) in [5, 5.41) is 0.786. The van der Waals surface area contributed by atoms with Crippen molar-refractivity contribution < 1.29 is 13.2 Å². The molecule has 2 heterocycles. The Bertz CT molecular complexity index is 858. The van der Waals surface area contributed by atoms with Gasteiger partial charge in [0.1, 0.15) is 5.69 Å². The molecule has 0 amide bonds. The molecule has 1 aliphatic rings. The molecule has 1 aliphatic heterocycles. The number of thioether (sulfide) groups is 1. The molecule has 0 bridgehead atoms. The fraction of sp³-hybridized carbons (Fsp3) is 0.429. The van der Waals surface area contributed by atoms with Gasteiger partial charge in [-0.25, -0.2) is 9.98 Å². The lowest BCUT2D eigenvalue weighted by molar-refractivity contribution is -0.141. The maximum Gasteiger partial charge on any atom is 0.433 e. The van der Waals surface area contributed by atoms with Crippen LogP contribution in [0.4, 0.5) is 24.5 Å². The topological polar surface area (TPSA) is 28.5 Å². The van der Waals surface area contributed by atoms with Crippen molar-refractivity contribution in [3.63, 3.8) is 0 Å². The predicted molar refractivity (Wildman–Crippen MR) is 110 cm³/mol. The summed E-state index contributed by atoms with van der Waals surface area (Å²) < 4.78 is 38.6. The van der Waals surface area contributed by atoms with E-state index >= 15 is 0 Å². The van der Waals surface area contributed by atoms with Crippen molar-refractivity contribution >= 4 is 28.3 Å². The molecule has 3 nitrogen and oxygen atoms in total. The summed E-state index contributed by atoms with van der Waals surface area (Å²) >= 11 is 1.62. The summed E-state index contributed by atoms with van der Waals surface area (Å²) in [5.41, 5.74) is 1.78. The van der Waals surface area contributed by atoms with E-state index in [0.29, 0.717) is 18.2 Å². The molecule has 28 heavy (non-hydrogen) atoms. The first kappa shape index (κ1) is 20.7. The molecule has 0 spiro atoms. The zero-order chi connectivity index (χ0) is 20.5. The standard InChI is InChI=1S/C21H24F3N3S/c1-14(2)16-7-5-6-8-17(16)26-19-27(12-20(3,4)13-28-19)15-9-10-18(25-11-15)21(22,23)24/h5-11,14H,12-13H2,1-4H3. The zero-order valence-corrected chi connectivity index (χ0v) is 17.2. The number of benzene rings is 1. The molecule has 1 aromatic heterocycles. The van der Waals surface area contributed by atoms with E-state index in [2.05, 4.69) is 38.7 Å². The highest BCUT2D eigenvalue weighted by molar-refractivity contribution is 8.14. The highest BCUT2D eigenvalue weighted by Crippen LogP contribution is 2.37. The van der Waals surface area contributed by atoms with Crippen LogP contribution in [0.1, 0.15) is 44.9 Å². The number of aromatic nitrogens is 1. The Morgan fingerprint density at radius 1 is 1.14 bits per heavy atom. The summed E-state index contributed by atoms with van der Waals surface area (Å²) in [4.78, 5) is 10.5. The Kier molecular flexibility index (Phi) is 5.75. The number of pyridine rings is 1. The van der Waals surface area contributed by atoms with Crippen LogP contribution in [-0.2, 0) is 6.18 Å². The minimum Gasteiger partial charge on any atom is -0.319 e. The van der Waals surface area contributed by atoms with Crippen molar-refractivity contribution in [1.29, 1.82) is 0 Å². The molecular formula is C21H24F3N3S. The smallest absolute Gasteiger partial charge is 0.319 e. The Labute approximate surface area is 168 Å². The highest BCUT2D eigenvalue weighted by Gasteiger charge is 2.34. The molecule has 1 fully saturated rings. The average molecular weight is 408 g/mol. The van der Waals surface area contributed by atoms with Crippen molar-refractivity contribution in [1.82, 2.24) is 4.98 Å². The Balaban J connectivity index is 2.00. The van der Waals surface area contributed by atoms with Gasteiger partial charge in [-0.3, -0.25) is 0 Å². The number of alkyl halides is 3. The highest BCUT2D eigenvalue weighted by atomic mass is 32.2. The molecule has 0 saturated carbocycles. The lowest BCUT2D eigenvalue weighted by atomic mass is 9.95. The van der Waals surface area contributed by atoms with E-state index in [9.17, 15) is 13.2 Å². The number of halogens is 3. The monoisotopic (exact) mass is 407 g/mol. The third kappa shape index (κ3) is 4.69. The van der Waals surface area contributed by atoms with Crippen molar-refractivity contribution in [3.05, 3.63) is 53.9 Å². The molecule has 0 radical (unpaired) electrons. The SMILES string of the molecule is CC(C)c1ccccc1N=C1SCC(C)(C)CN1c1ccc(C(F)(F)F)nc1. The first-order valence-corrected chi connectivity index (χ1v) is 10.2. The molecule has 0 atom stereocenters. The molecule has 0 aliphatic carbocycles. The van der Waals surface area contributed by atoms with Gasteiger partial charge in [0.25, 0.3) is 0 Å². The lowest BCUT2D eigenvalue weighted by Crippen LogP contribution is -2.44. The van der Waals surface area contributed by atoms with E-state index in [1.807, 2.05) is 23.1 Å². The van der Waals surface area contributed by atoms with Gasteiger partial charge in [0, 0.05) is 12.3 Å². The van der Waals surface area contributed by atoms with Crippen LogP contribution in [0.15, 0.2) is 47.6 Å². The Hall–Kier alpha value is -2.02. The van der Waals surface area contributed by atoms with Crippen LogP contribution in [0.2, 0.25) is 0 Å². The number of aliphatic imine (C=N–C) groups is 1. The van der Waals surface area contributed by atoms with E-state index < -0.39 is 11.9 Å². The van der Waals surface area contributed by atoms with E-state index in [4.69, 9.17) is 4.99 Å². The first-order valence-electron chi connectivity index (χ1n) is 9.18. The zero-order valence-electron chi connectivity index (χ0n) is 16.4. The van der Waals surface area contributed by atoms with E-state index in [1.165, 1.54) is 12.3 Å². The molecule has 150 valence electrons. The van der Waals surface area contributed by atoms with E-state index in [0.717, 1.165) is 28.2 Å². The number of amidine groups is 1. The van der Waals surface area contributed by atoms with Crippen LogP contribution in [0.3, 0.4) is 0 Å². The molecule has 2 aromatic rings. The summed E-state index contributed by atoms with van der Waals surface area (Å²) in [6.07, 6.45) is -3.16. The Morgan fingerprint density at radius 2 is 1.86 bits per heavy atom. The van der Waals surface area contributed by atoms with Crippen LogP contribution < -0.4 is 4.90 Å². The van der Waals surface area contributed by atoms with Crippen LogP contribution in [-0.4, -0.2) is 22.4 Å². The number of hydrogen-bond acceptors (Lipinski definition) is 3. The maximum absolute atomic E-state index is 12.9. The van der Waals surface area contributed by atoms with Crippen molar-refractivity contribution in [2.75, 3.05) is 17.2 Å². The molecule has 0 N–H and O–H groups in total. The van der Waals surface area contributed by atoms with Gasteiger partial charge in [0.2, 0.25) is 0 Å². The summed E-state index contributed by atoms with van der Waals surface area (Å²) in [5.74, 6) is 1.21. The second-order valence-corrected chi connectivity index (χ2v) is 8.99. The summed E-state index contributed by atoms with van der Waals surface area (Å²) in [7, 11) is 0. The minimum atomic E-state index is -4.44. The summed E-state index contributed by atoms with van der Waals surface area (Å²) in [6, 6.07) is 10.5. The normalized spacial score (nSPS) is 18.7. The van der Waals surface area contributed by atoms with Crippen molar-refractivity contribution in [3.8, 4) is 0 Å². The number of para-hydroxylation sites is 1. The second-order valence-electron chi connectivity index (χ2n) is 8.05. The lowest BCUT2D eigenvalue weighted by Gasteiger charge is -2.39. The average Bonchev–Trinajstić information content (AvgIpc) is 2.62. The predicted octanol–water partition coefficient (Wildman–Crippen LogP) is 6.49. The van der Waals surface area contributed by atoms with Gasteiger partial charge in [0.15, 0.2) is 5.17 Å². The third-order valence-corrected chi connectivity index (χ3v) is 6.03. The molecule has 0 unspecified atom stereocenters. The van der Waals surface area contributed by atoms with Gasteiger partial charge < -0.3 is 4.90 Å². The number of anilines is 1. The number of hydrogen-bond donors (Lipinski definition) is 0. The van der Waals surface area contributed by atoms with Gasteiger partial charge in [-0.2, -0.15) is 13.2 Å². The van der Waals surface area contributed by atoms with Crippen molar-refractivity contribution in [2.24, 2.45) is 10.4 Å². The second kappa shape index (κ2) is 7.78. The third-order valence-electron chi connectivity index (χ3n) is 4.53. The van der Waals surface area contributed by atoms with Crippen LogP contribution in [0, 0.1) is 5.41 Å². The molecule has 3 rings (SSSR count). The molecule has 7 heteroatoms. The van der Waals surface area contributed by atoms with Gasteiger partial charge in [-0.1, -0.05) is 57.7 Å². The molecular weight excluding hydrogens is 383 g/mol. The fourth-order valence-electron chi connectivity index (χ4n) is 3.07. The van der Waals surface area contributed by atoms with E-state index in [1.54, 1.807) is 11.8 Å². The number of rotatable bonds is 3. The van der Waals surface area contributed by atoms with Gasteiger partial charge in [0.05, 0.1) is 17.6 Å². The molecule has 1 saturated heterocycles. The van der Waals surface area contributed by atoms with Crippen LogP contribution >= 0.6 is 11.8 Å². The Morgan fingerprint density at radius 3 is 2.46 bits per heavy atom. The molecule has 1 aromatic carbocycles.